The second kappa shape index (κ2) is 6.94. The van der Waals surface area contributed by atoms with Gasteiger partial charge in [-0.2, -0.15) is 0 Å². The zero-order chi connectivity index (χ0) is 17.1. The molecule has 0 fully saturated rings. The number of rotatable bonds is 5. The van der Waals surface area contributed by atoms with Crippen molar-refractivity contribution in [3.05, 3.63) is 53.1 Å². The predicted molar refractivity (Wildman–Crippen MR) is 95.4 cm³/mol. The van der Waals surface area contributed by atoms with Crippen molar-refractivity contribution >= 4 is 51.9 Å². The van der Waals surface area contributed by atoms with E-state index < -0.39 is 5.91 Å². The summed E-state index contributed by atoms with van der Waals surface area (Å²) in [5.41, 5.74) is 7.55. The maximum absolute atomic E-state index is 12.1. The molecule has 0 aliphatic carbocycles. The summed E-state index contributed by atoms with van der Waals surface area (Å²) in [4.78, 5) is 30.9. The molecule has 1 aromatic heterocycles. The lowest BCUT2D eigenvalue weighted by Crippen LogP contribution is -2.19. The average molecular weight is 361 g/mol. The Morgan fingerprint density at radius 3 is 2.83 bits per heavy atom. The maximum Gasteiger partial charge on any atom is 0.250 e. The van der Waals surface area contributed by atoms with Crippen LogP contribution in [0.25, 0.3) is 11.0 Å². The molecule has 4 N–H and O–H groups in total. The number of anilines is 1. The van der Waals surface area contributed by atoms with Crippen LogP contribution in [0.3, 0.4) is 0 Å². The van der Waals surface area contributed by atoms with E-state index in [1.165, 1.54) is 11.8 Å². The summed E-state index contributed by atoms with van der Waals surface area (Å²) in [5, 5.41) is 3.91. The first-order chi connectivity index (χ1) is 11.5. The number of thioether (sulfide) groups is 1. The van der Waals surface area contributed by atoms with E-state index in [-0.39, 0.29) is 17.2 Å². The number of nitrogens with zero attached hydrogens (tertiary/aromatic N) is 1. The third kappa shape index (κ3) is 3.69. The quantitative estimate of drug-likeness (QED) is 0.608. The smallest absolute Gasteiger partial charge is 0.250 e. The highest BCUT2D eigenvalue weighted by molar-refractivity contribution is 7.99. The van der Waals surface area contributed by atoms with Crippen molar-refractivity contribution in [3.8, 4) is 0 Å². The molecule has 24 heavy (non-hydrogen) atoms. The summed E-state index contributed by atoms with van der Waals surface area (Å²) in [6.45, 7) is 0. The first-order valence-corrected chi connectivity index (χ1v) is 8.36. The molecule has 0 bridgehead atoms. The minimum absolute atomic E-state index is 0.140. The summed E-state index contributed by atoms with van der Waals surface area (Å²) in [6, 6.07) is 11.9. The molecule has 6 nitrogen and oxygen atoms in total. The van der Waals surface area contributed by atoms with Gasteiger partial charge in [0.1, 0.15) is 0 Å². The van der Waals surface area contributed by atoms with Crippen molar-refractivity contribution in [3.63, 3.8) is 0 Å². The van der Waals surface area contributed by atoms with Crippen molar-refractivity contribution in [1.82, 2.24) is 9.97 Å². The predicted octanol–water partition coefficient (Wildman–Crippen LogP) is 3.05. The number of hydrogen-bond donors (Lipinski definition) is 3. The molecule has 0 aliphatic rings. The molecular weight excluding hydrogens is 348 g/mol. The van der Waals surface area contributed by atoms with E-state index in [0.717, 1.165) is 11.0 Å². The first kappa shape index (κ1) is 16.4. The van der Waals surface area contributed by atoms with Gasteiger partial charge in [-0.15, -0.1) is 0 Å². The van der Waals surface area contributed by atoms with Crippen LogP contribution in [0.15, 0.2) is 47.6 Å². The van der Waals surface area contributed by atoms with Crippen LogP contribution in [0.4, 0.5) is 5.69 Å². The van der Waals surface area contributed by atoms with Crippen molar-refractivity contribution in [2.45, 2.75) is 5.16 Å². The molecule has 8 heteroatoms. The van der Waals surface area contributed by atoms with Gasteiger partial charge >= 0.3 is 0 Å². The van der Waals surface area contributed by atoms with Crippen molar-refractivity contribution in [1.29, 1.82) is 0 Å². The molecule has 122 valence electrons. The van der Waals surface area contributed by atoms with E-state index in [4.69, 9.17) is 17.3 Å². The number of H-pyrrole nitrogens is 1. The Bertz CT molecular complexity index is 925. The van der Waals surface area contributed by atoms with Gasteiger partial charge in [-0.3, -0.25) is 9.59 Å². The topological polar surface area (TPSA) is 101 Å². The number of amides is 2. The molecule has 1 heterocycles. The number of nitrogens with one attached hydrogen (secondary N) is 2. The zero-order valence-electron chi connectivity index (χ0n) is 12.4. The number of halogens is 1. The van der Waals surface area contributed by atoms with Crippen LogP contribution in [-0.2, 0) is 4.79 Å². The third-order valence-corrected chi connectivity index (χ3v) is 4.34. The molecular formula is C16H13ClN4O2S. The molecule has 0 spiro atoms. The van der Waals surface area contributed by atoms with Crippen LogP contribution in [0.1, 0.15) is 10.4 Å². The highest BCUT2D eigenvalue weighted by atomic mass is 35.5. The van der Waals surface area contributed by atoms with Crippen LogP contribution in [0.2, 0.25) is 5.02 Å². The van der Waals surface area contributed by atoms with Crippen molar-refractivity contribution in [2.75, 3.05) is 11.1 Å². The number of carbonyl (C=O) groups excluding carboxylic acids is 2. The number of hydrogen-bond acceptors (Lipinski definition) is 4. The SMILES string of the molecule is NC(=O)c1ccccc1NC(=O)CSc1nc2ccc(Cl)cc2[nH]1. The Labute approximate surface area is 146 Å². The van der Waals surface area contributed by atoms with Crippen molar-refractivity contribution < 1.29 is 9.59 Å². The Kier molecular flexibility index (Phi) is 4.73. The second-order valence-corrected chi connectivity index (χ2v) is 6.35. The first-order valence-electron chi connectivity index (χ1n) is 6.99. The summed E-state index contributed by atoms with van der Waals surface area (Å²) in [6.07, 6.45) is 0. The van der Waals surface area contributed by atoms with Gasteiger partial charge in [-0.25, -0.2) is 4.98 Å². The number of aromatic nitrogens is 2. The highest BCUT2D eigenvalue weighted by Gasteiger charge is 2.12. The number of benzene rings is 2. The van der Waals surface area contributed by atoms with Gasteiger partial charge in [0.05, 0.1) is 28.0 Å². The number of para-hydroxylation sites is 1. The molecule has 0 saturated carbocycles. The number of fused-ring (bicyclic) bond motifs is 1. The van der Waals surface area contributed by atoms with Gasteiger partial charge in [0.2, 0.25) is 5.91 Å². The molecule has 0 atom stereocenters. The lowest BCUT2D eigenvalue weighted by atomic mass is 10.1. The Balaban J connectivity index is 1.66. The summed E-state index contributed by atoms with van der Waals surface area (Å²) >= 11 is 7.19. The monoisotopic (exact) mass is 360 g/mol. The largest absolute Gasteiger partial charge is 0.366 e. The van der Waals surface area contributed by atoms with Gasteiger partial charge in [0.25, 0.3) is 5.91 Å². The van der Waals surface area contributed by atoms with Crippen LogP contribution in [0, 0.1) is 0 Å². The average Bonchev–Trinajstić information content (AvgIpc) is 2.95. The fourth-order valence-electron chi connectivity index (χ4n) is 2.15. The normalized spacial score (nSPS) is 10.7. The fraction of sp³-hybridized carbons (Fsp3) is 0.0625. The summed E-state index contributed by atoms with van der Waals surface area (Å²) < 4.78 is 0. The molecule has 2 aromatic carbocycles. The fourth-order valence-corrected chi connectivity index (χ4v) is 3.01. The highest BCUT2D eigenvalue weighted by Crippen LogP contribution is 2.22. The molecule has 0 aliphatic heterocycles. The zero-order valence-corrected chi connectivity index (χ0v) is 13.9. The van der Waals surface area contributed by atoms with Gasteiger partial charge in [-0.1, -0.05) is 35.5 Å². The number of nitrogens with two attached hydrogens (primary N) is 1. The lowest BCUT2D eigenvalue weighted by Gasteiger charge is -2.07. The Hall–Kier alpha value is -2.51. The number of carbonyl (C=O) groups is 2. The van der Waals surface area contributed by atoms with Gasteiger partial charge < -0.3 is 16.0 Å². The van der Waals surface area contributed by atoms with E-state index in [1.807, 2.05) is 0 Å². The third-order valence-electron chi connectivity index (χ3n) is 3.23. The number of primary amides is 1. The second-order valence-electron chi connectivity index (χ2n) is 4.95. The minimum Gasteiger partial charge on any atom is -0.366 e. The van der Waals surface area contributed by atoms with E-state index in [9.17, 15) is 9.59 Å². The minimum atomic E-state index is -0.590. The lowest BCUT2D eigenvalue weighted by molar-refractivity contribution is -0.113. The Morgan fingerprint density at radius 2 is 2.04 bits per heavy atom. The number of imidazole rings is 1. The van der Waals surface area contributed by atoms with Crippen LogP contribution in [-0.4, -0.2) is 27.5 Å². The standard InChI is InChI=1S/C16H13ClN4O2S/c17-9-5-6-12-13(7-9)21-16(20-12)24-8-14(22)19-11-4-2-1-3-10(11)15(18)23/h1-7H,8H2,(H2,18,23)(H,19,22)(H,20,21). The molecule has 2 amide bonds. The van der Waals surface area contributed by atoms with E-state index in [1.54, 1.807) is 42.5 Å². The van der Waals surface area contributed by atoms with E-state index >= 15 is 0 Å². The molecule has 0 unspecified atom stereocenters. The van der Waals surface area contributed by atoms with Crippen LogP contribution >= 0.6 is 23.4 Å². The molecule has 3 aromatic rings. The van der Waals surface area contributed by atoms with E-state index in [0.29, 0.717) is 15.9 Å². The van der Waals surface area contributed by atoms with Gasteiger partial charge in [-0.05, 0) is 30.3 Å². The molecule has 3 rings (SSSR count). The molecule has 0 radical (unpaired) electrons. The Morgan fingerprint density at radius 1 is 1.25 bits per heavy atom. The summed E-state index contributed by atoms with van der Waals surface area (Å²) in [5.74, 6) is -0.708. The molecule has 0 saturated heterocycles. The van der Waals surface area contributed by atoms with E-state index in [2.05, 4.69) is 15.3 Å². The maximum atomic E-state index is 12.1. The van der Waals surface area contributed by atoms with Gasteiger partial charge in [0, 0.05) is 5.02 Å². The van der Waals surface area contributed by atoms with Crippen molar-refractivity contribution in [2.24, 2.45) is 5.73 Å². The van der Waals surface area contributed by atoms with Crippen LogP contribution in [0.5, 0.6) is 0 Å². The van der Waals surface area contributed by atoms with Crippen LogP contribution < -0.4 is 11.1 Å². The summed E-state index contributed by atoms with van der Waals surface area (Å²) in [7, 11) is 0. The van der Waals surface area contributed by atoms with Gasteiger partial charge in [0.15, 0.2) is 5.16 Å². The number of aromatic amines is 1.